The largest absolute Gasteiger partial charge is 0.288 e. The van der Waals surface area contributed by atoms with Gasteiger partial charge in [-0.05, 0) is 36.8 Å². The molecule has 1 aromatic carbocycles. The molecule has 0 aliphatic heterocycles. The van der Waals surface area contributed by atoms with Crippen LogP contribution in [0.1, 0.15) is 17.3 Å². The molecule has 2 rings (SSSR count). The molecule has 102 valence electrons. The lowest BCUT2D eigenvalue weighted by Crippen LogP contribution is -2.15. The van der Waals surface area contributed by atoms with Crippen LogP contribution in [-0.2, 0) is 4.79 Å². The second-order valence-corrected chi connectivity index (χ2v) is 5.77. The predicted molar refractivity (Wildman–Crippen MR) is 83.4 cm³/mol. The zero-order valence-corrected chi connectivity index (χ0v) is 13.4. The van der Waals surface area contributed by atoms with Gasteiger partial charge < -0.3 is 0 Å². The van der Waals surface area contributed by atoms with Crippen LogP contribution in [0.5, 0.6) is 0 Å². The van der Waals surface area contributed by atoms with Crippen molar-refractivity contribution in [2.75, 3.05) is 0 Å². The maximum Gasteiger partial charge on any atom is 0.277 e. The van der Waals surface area contributed by atoms with Gasteiger partial charge in [-0.2, -0.15) is 0 Å². The van der Waals surface area contributed by atoms with E-state index in [-0.39, 0.29) is 21.6 Å². The molecule has 1 aromatic rings. The van der Waals surface area contributed by atoms with Gasteiger partial charge in [-0.15, -0.1) is 0 Å². The zero-order valence-electron chi connectivity index (χ0n) is 10.3. The average Bonchev–Trinajstić information content (AvgIpc) is 2.42. The summed E-state index contributed by atoms with van der Waals surface area (Å²) in [6, 6.07) is 6.77. The van der Waals surface area contributed by atoms with E-state index in [0.717, 1.165) is 10.5 Å². The van der Waals surface area contributed by atoms with Crippen LogP contribution >= 0.6 is 39.1 Å². The third kappa shape index (κ3) is 3.08. The first-order valence-corrected chi connectivity index (χ1v) is 7.12. The maximum atomic E-state index is 12.1. The molecule has 1 aliphatic carbocycles. The molecule has 0 radical (unpaired) electrons. The van der Waals surface area contributed by atoms with Crippen molar-refractivity contribution >= 4 is 56.5 Å². The molecular weight excluding hydrogens is 365 g/mol. The highest BCUT2D eigenvalue weighted by Crippen LogP contribution is 2.25. The van der Waals surface area contributed by atoms with Crippen molar-refractivity contribution in [3.8, 4) is 0 Å². The number of hydrogen-bond acceptors (Lipinski definition) is 2. The SMILES string of the molecule is CC1=C(Cl)C(=O)C=C(Cl)C1=NC(=O)c1ccc(Br)cc1. The first-order chi connectivity index (χ1) is 9.40. The summed E-state index contributed by atoms with van der Waals surface area (Å²) in [6.45, 7) is 1.60. The van der Waals surface area contributed by atoms with E-state index >= 15 is 0 Å². The number of rotatable bonds is 1. The van der Waals surface area contributed by atoms with Crippen LogP contribution in [0.3, 0.4) is 0 Å². The van der Waals surface area contributed by atoms with E-state index in [9.17, 15) is 9.59 Å². The summed E-state index contributed by atoms with van der Waals surface area (Å²) in [5, 5.41) is 0.138. The van der Waals surface area contributed by atoms with Crippen LogP contribution < -0.4 is 0 Å². The van der Waals surface area contributed by atoms with Gasteiger partial charge in [0.05, 0.1) is 15.8 Å². The number of carbonyl (C=O) groups excluding carboxylic acids is 2. The van der Waals surface area contributed by atoms with Gasteiger partial charge in [-0.3, -0.25) is 9.59 Å². The number of ketones is 1. The summed E-state index contributed by atoms with van der Waals surface area (Å²) in [4.78, 5) is 27.5. The molecule has 1 amide bonds. The van der Waals surface area contributed by atoms with Gasteiger partial charge >= 0.3 is 0 Å². The van der Waals surface area contributed by atoms with E-state index in [1.807, 2.05) is 0 Å². The third-order valence-corrected chi connectivity index (χ3v) is 3.98. The molecule has 0 saturated carbocycles. The van der Waals surface area contributed by atoms with Gasteiger partial charge in [0, 0.05) is 16.1 Å². The summed E-state index contributed by atoms with van der Waals surface area (Å²) in [5.74, 6) is -0.832. The summed E-state index contributed by atoms with van der Waals surface area (Å²) in [5.41, 5.74) is 1.05. The lowest BCUT2D eigenvalue weighted by molar-refractivity contribution is -0.110. The first kappa shape index (κ1) is 15.2. The highest BCUT2D eigenvalue weighted by atomic mass is 79.9. The maximum absolute atomic E-state index is 12.1. The molecule has 0 atom stereocenters. The van der Waals surface area contributed by atoms with Crippen LogP contribution in [0.25, 0.3) is 0 Å². The van der Waals surface area contributed by atoms with Crippen molar-refractivity contribution in [1.82, 2.24) is 0 Å². The molecule has 6 heteroatoms. The van der Waals surface area contributed by atoms with Gasteiger partial charge in [0.25, 0.3) is 5.91 Å². The molecular formula is C14H8BrCl2NO2. The van der Waals surface area contributed by atoms with Crippen molar-refractivity contribution in [1.29, 1.82) is 0 Å². The lowest BCUT2D eigenvalue weighted by atomic mass is 10.0. The molecule has 0 fully saturated rings. The van der Waals surface area contributed by atoms with Crippen molar-refractivity contribution in [3.05, 3.63) is 56.0 Å². The Morgan fingerprint density at radius 2 is 1.80 bits per heavy atom. The molecule has 3 nitrogen and oxygen atoms in total. The van der Waals surface area contributed by atoms with Crippen molar-refractivity contribution in [2.45, 2.75) is 6.92 Å². The van der Waals surface area contributed by atoms with Crippen molar-refractivity contribution in [2.24, 2.45) is 4.99 Å². The van der Waals surface area contributed by atoms with Crippen LogP contribution in [0.4, 0.5) is 0 Å². The smallest absolute Gasteiger partial charge is 0.277 e. The Labute approximate surface area is 134 Å². The number of nitrogens with zero attached hydrogens (tertiary/aromatic N) is 1. The van der Waals surface area contributed by atoms with Crippen LogP contribution in [0.15, 0.2) is 55.4 Å². The molecule has 0 N–H and O–H groups in total. The predicted octanol–water partition coefficient (Wildman–Crippen LogP) is 4.25. The highest BCUT2D eigenvalue weighted by molar-refractivity contribution is 9.10. The van der Waals surface area contributed by atoms with Gasteiger partial charge in [0.15, 0.2) is 5.78 Å². The molecule has 0 aromatic heterocycles. The number of halogens is 3. The number of carbonyl (C=O) groups is 2. The second kappa shape index (κ2) is 6.04. The summed E-state index contributed by atoms with van der Waals surface area (Å²) >= 11 is 15.1. The molecule has 0 bridgehead atoms. The van der Waals surface area contributed by atoms with E-state index in [4.69, 9.17) is 23.2 Å². The minimum atomic E-state index is -0.447. The quantitative estimate of drug-likeness (QED) is 0.692. The third-order valence-electron chi connectivity index (χ3n) is 2.69. The first-order valence-electron chi connectivity index (χ1n) is 5.57. The van der Waals surface area contributed by atoms with Gasteiger partial charge in [-0.1, -0.05) is 39.1 Å². The minimum absolute atomic E-state index is 0.0248. The topological polar surface area (TPSA) is 46.5 Å². The molecule has 0 unspecified atom stereocenters. The number of hydrogen-bond donors (Lipinski definition) is 0. The Bertz CT molecular complexity index is 688. The Hall–Kier alpha value is -1.23. The zero-order chi connectivity index (χ0) is 14.9. The van der Waals surface area contributed by atoms with Crippen molar-refractivity contribution < 1.29 is 9.59 Å². The normalized spacial score (nSPS) is 17.5. The standard InChI is InChI=1S/C14H8BrCl2NO2/c1-7-12(17)11(19)6-10(16)13(7)18-14(20)8-2-4-9(15)5-3-8/h2-6H,1H3. The Kier molecular flexibility index (Phi) is 4.58. The summed E-state index contributed by atoms with van der Waals surface area (Å²) in [7, 11) is 0. The number of allylic oxidation sites excluding steroid dienone is 4. The summed E-state index contributed by atoms with van der Waals surface area (Å²) in [6.07, 6.45) is 1.16. The van der Waals surface area contributed by atoms with E-state index in [1.54, 1.807) is 31.2 Å². The highest BCUT2D eigenvalue weighted by Gasteiger charge is 2.22. The Morgan fingerprint density at radius 3 is 2.40 bits per heavy atom. The van der Waals surface area contributed by atoms with Gasteiger partial charge in [0.1, 0.15) is 0 Å². The number of benzene rings is 1. The fourth-order valence-corrected chi connectivity index (χ4v) is 2.30. The minimum Gasteiger partial charge on any atom is -0.288 e. The summed E-state index contributed by atoms with van der Waals surface area (Å²) < 4.78 is 0.863. The van der Waals surface area contributed by atoms with Crippen LogP contribution in [-0.4, -0.2) is 17.4 Å². The average molecular weight is 373 g/mol. The van der Waals surface area contributed by atoms with Gasteiger partial charge in [-0.25, -0.2) is 4.99 Å². The number of amides is 1. The Balaban J connectivity index is 2.40. The fraction of sp³-hybridized carbons (Fsp3) is 0.0714. The lowest BCUT2D eigenvalue weighted by Gasteiger charge is -2.12. The van der Waals surface area contributed by atoms with Crippen LogP contribution in [0, 0.1) is 0 Å². The fourth-order valence-electron chi connectivity index (χ4n) is 1.61. The second-order valence-electron chi connectivity index (χ2n) is 4.07. The molecule has 1 aliphatic rings. The van der Waals surface area contributed by atoms with Crippen molar-refractivity contribution in [3.63, 3.8) is 0 Å². The van der Waals surface area contributed by atoms with E-state index in [2.05, 4.69) is 20.9 Å². The Morgan fingerprint density at radius 1 is 1.20 bits per heavy atom. The van der Waals surface area contributed by atoms with Gasteiger partial charge in [0.2, 0.25) is 0 Å². The van der Waals surface area contributed by atoms with E-state index in [0.29, 0.717) is 11.1 Å². The number of aliphatic imine (C=N–C) groups is 1. The molecule has 20 heavy (non-hydrogen) atoms. The van der Waals surface area contributed by atoms with Crippen LogP contribution in [0.2, 0.25) is 0 Å². The molecule has 0 heterocycles. The van der Waals surface area contributed by atoms with E-state index in [1.165, 1.54) is 0 Å². The molecule has 0 saturated heterocycles. The molecule has 0 spiro atoms. The van der Waals surface area contributed by atoms with E-state index < -0.39 is 5.91 Å². The monoisotopic (exact) mass is 371 g/mol.